The average Bonchev–Trinajstić information content (AvgIpc) is 2.84. The van der Waals surface area contributed by atoms with Crippen molar-refractivity contribution in [2.24, 2.45) is 0 Å². The summed E-state index contributed by atoms with van der Waals surface area (Å²) in [4.78, 5) is 31.4. The molecule has 7 heteroatoms. The van der Waals surface area contributed by atoms with Crippen molar-refractivity contribution in [3.8, 4) is 0 Å². The highest BCUT2D eigenvalue weighted by Gasteiger charge is 2.14. The number of carbonyl (C=O) groups is 1. The summed E-state index contributed by atoms with van der Waals surface area (Å²) in [7, 11) is 1.35. The van der Waals surface area contributed by atoms with Crippen molar-refractivity contribution in [1.82, 2.24) is 14.5 Å². The zero-order valence-electron chi connectivity index (χ0n) is 12.4. The number of fused-ring (bicyclic) bond motifs is 1. The van der Waals surface area contributed by atoms with Gasteiger partial charge in [0.1, 0.15) is 5.52 Å². The molecule has 0 aliphatic carbocycles. The van der Waals surface area contributed by atoms with Crippen LogP contribution < -0.4 is 5.56 Å². The van der Waals surface area contributed by atoms with Gasteiger partial charge in [0.05, 0.1) is 18.4 Å². The number of unbranched alkanes of at least 4 members (excludes halogenated alkanes) is 1. The Labute approximate surface area is 126 Å². The van der Waals surface area contributed by atoms with Crippen LogP contribution in [-0.4, -0.2) is 33.4 Å². The molecule has 2 rings (SSSR count). The fourth-order valence-corrected chi connectivity index (χ4v) is 2.87. The van der Waals surface area contributed by atoms with Gasteiger partial charge in [-0.25, -0.2) is 4.98 Å². The largest absolute Gasteiger partial charge is 0.468 e. The van der Waals surface area contributed by atoms with Crippen LogP contribution in [0.25, 0.3) is 11.0 Å². The Hall–Kier alpha value is -1.76. The minimum atomic E-state index is -0.332. The van der Waals surface area contributed by atoms with Gasteiger partial charge in [-0.15, -0.1) is 0 Å². The Bertz CT molecular complexity index is 705. The first-order chi connectivity index (χ1) is 10.1. The number of aromatic amines is 1. The predicted molar refractivity (Wildman–Crippen MR) is 82.7 cm³/mol. The van der Waals surface area contributed by atoms with Gasteiger partial charge in [-0.1, -0.05) is 25.1 Å². The third-order valence-electron chi connectivity index (χ3n) is 3.12. The number of esters is 1. The van der Waals surface area contributed by atoms with Crippen molar-refractivity contribution in [2.75, 3.05) is 12.9 Å². The minimum Gasteiger partial charge on any atom is -0.468 e. The molecule has 0 saturated carbocycles. The number of aromatic nitrogens is 3. The molecule has 21 heavy (non-hydrogen) atoms. The molecule has 114 valence electrons. The Balaban J connectivity index is 2.44. The van der Waals surface area contributed by atoms with Crippen molar-refractivity contribution in [3.05, 3.63) is 22.1 Å². The number of H-pyrrole nitrogens is 1. The number of hydrogen-bond donors (Lipinski definition) is 1. The average molecular weight is 309 g/mol. The summed E-state index contributed by atoms with van der Waals surface area (Å²) < 4.78 is 6.27. The van der Waals surface area contributed by atoms with E-state index in [2.05, 4.69) is 21.6 Å². The molecule has 0 aliphatic rings. The zero-order valence-corrected chi connectivity index (χ0v) is 13.2. The highest BCUT2D eigenvalue weighted by molar-refractivity contribution is 7.99. The topological polar surface area (TPSA) is 77.0 Å². The first-order valence-corrected chi connectivity index (χ1v) is 7.85. The van der Waals surface area contributed by atoms with Gasteiger partial charge in [-0.05, 0) is 19.4 Å². The first-order valence-electron chi connectivity index (χ1n) is 6.86. The fraction of sp³-hybridized carbons (Fsp3) is 0.500. The maximum absolute atomic E-state index is 12.5. The van der Waals surface area contributed by atoms with Crippen LogP contribution in [0.2, 0.25) is 0 Å². The fourth-order valence-electron chi connectivity index (χ4n) is 2.02. The van der Waals surface area contributed by atoms with Crippen molar-refractivity contribution in [1.29, 1.82) is 0 Å². The Morgan fingerprint density at radius 1 is 1.52 bits per heavy atom. The molecule has 0 aromatic carbocycles. The lowest BCUT2D eigenvalue weighted by molar-refractivity contribution is -0.137. The van der Waals surface area contributed by atoms with E-state index in [-0.39, 0.29) is 17.3 Å². The molecule has 0 spiro atoms. The SMILES string of the molecule is CCCCn1c(SCC(=O)OC)nc2cc(C)[nH]c2c1=O. The highest BCUT2D eigenvalue weighted by atomic mass is 32.2. The molecule has 0 aliphatic heterocycles. The number of hydrogen-bond acceptors (Lipinski definition) is 5. The van der Waals surface area contributed by atoms with Crippen molar-refractivity contribution < 1.29 is 9.53 Å². The number of thioether (sulfide) groups is 1. The Morgan fingerprint density at radius 3 is 2.95 bits per heavy atom. The zero-order chi connectivity index (χ0) is 15.4. The third kappa shape index (κ3) is 3.47. The van der Waals surface area contributed by atoms with Gasteiger partial charge in [0.15, 0.2) is 5.16 Å². The number of ether oxygens (including phenoxy) is 1. The molecular formula is C14H19N3O3S. The standard InChI is InChI=1S/C14H19N3O3S/c1-4-5-6-17-13(19)12-10(7-9(2)15-12)16-14(17)21-8-11(18)20-3/h7,15H,4-6,8H2,1-3H3. The van der Waals surface area contributed by atoms with Crippen molar-refractivity contribution >= 4 is 28.8 Å². The summed E-state index contributed by atoms with van der Waals surface area (Å²) >= 11 is 1.23. The normalized spacial score (nSPS) is 11.0. The molecule has 0 unspecified atom stereocenters. The summed E-state index contributed by atoms with van der Waals surface area (Å²) in [5.74, 6) is -0.189. The van der Waals surface area contributed by atoms with Gasteiger partial charge in [0.2, 0.25) is 0 Å². The van der Waals surface area contributed by atoms with Gasteiger partial charge in [0.25, 0.3) is 5.56 Å². The number of carbonyl (C=O) groups excluding carboxylic acids is 1. The van der Waals surface area contributed by atoms with Gasteiger partial charge in [0, 0.05) is 12.2 Å². The molecule has 0 bridgehead atoms. The van der Waals surface area contributed by atoms with Crippen LogP contribution in [0.4, 0.5) is 0 Å². The van der Waals surface area contributed by atoms with E-state index in [4.69, 9.17) is 0 Å². The Kier molecular flexibility index (Phi) is 5.06. The van der Waals surface area contributed by atoms with Crippen LogP contribution in [0.5, 0.6) is 0 Å². The molecule has 0 radical (unpaired) electrons. The van der Waals surface area contributed by atoms with E-state index in [1.807, 2.05) is 13.0 Å². The van der Waals surface area contributed by atoms with Crippen molar-refractivity contribution in [3.63, 3.8) is 0 Å². The van der Waals surface area contributed by atoms with Crippen LogP contribution >= 0.6 is 11.8 Å². The smallest absolute Gasteiger partial charge is 0.316 e. The lowest BCUT2D eigenvalue weighted by Gasteiger charge is -2.10. The molecule has 0 atom stereocenters. The molecule has 2 aromatic heterocycles. The summed E-state index contributed by atoms with van der Waals surface area (Å²) in [6.07, 6.45) is 1.87. The molecule has 0 amide bonds. The van der Waals surface area contributed by atoms with E-state index in [1.54, 1.807) is 4.57 Å². The minimum absolute atomic E-state index is 0.0890. The van der Waals surface area contributed by atoms with E-state index in [1.165, 1.54) is 18.9 Å². The maximum atomic E-state index is 12.5. The summed E-state index contributed by atoms with van der Waals surface area (Å²) in [6, 6.07) is 1.84. The second kappa shape index (κ2) is 6.80. The second-order valence-electron chi connectivity index (χ2n) is 4.78. The summed E-state index contributed by atoms with van der Waals surface area (Å²) in [5.41, 5.74) is 1.96. The number of aryl methyl sites for hydroxylation is 1. The lowest BCUT2D eigenvalue weighted by atomic mass is 10.3. The van der Waals surface area contributed by atoms with Gasteiger partial charge < -0.3 is 9.72 Å². The van der Waals surface area contributed by atoms with E-state index < -0.39 is 0 Å². The molecule has 0 saturated heterocycles. The molecular weight excluding hydrogens is 290 g/mol. The van der Waals surface area contributed by atoms with Gasteiger partial charge >= 0.3 is 5.97 Å². The second-order valence-corrected chi connectivity index (χ2v) is 5.72. The molecule has 1 N–H and O–H groups in total. The molecule has 0 fully saturated rings. The number of methoxy groups -OCH3 is 1. The van der Waals surface area contributed by atoms with Gasteiger partial charge in [-0.3, -0.25) is 14.2 Å². The maximum Gasteiger partial charge on any atom is 0.316 e. The lowest BCUT2D eigenvalue weighted by Crippen LogP contribution is -2.24. The van der Waals surface area contributed by atoms with Crippen LogP contribution in [0.1, 0.15) is 25.5 Å². The van der Waals surface area contributed by atoms with E-state index in [0.717, 1.165) is 18.5 Å². The first kappa shape index (κ1) is 15.6. The van der Waals surface area contributed by atoms with Crippen LogP contribution in [0, 0.1) is 6.92 Å². The molecule has 6 nitrogen and oxygen atoms in total. The van der Waals surface area contributed by atoms with E-state index >= 15 is 0 Å². The van der Waals surface area contributed by atoms with E-state index in [9.17, 15) is 9.59 Å². The predicted octanol–water partition coefficient (Wildman–Crippen LogP) is 2.10. The van der Waals surface area contributed by atoms with Crippen molar-refractivity contribution in [2.45, 2.75) is 38.4 Å². The summed E-state index contributed by atoms with van der Waals surface area (Å²) in [6.45, 7) is 4.55. The van der Waals surface area contributed by atoms with E-state index in [0.29, 0.717) is 22.7 Å². The van der Waals surface area contributed by atoms with Crippen LogP contribution in [-0.2, 0) is 16.1 Å². The Morgan fingerprint density at radius 2 is 2.29 bits per heavy atom. The van der Waals surface area contributed by atoms with Crippen LogP contribution in [0.3, 0.4) is 0 Å². The summed E-state index contributed by atoms with van der Waals surface area (Å²) in [5, 5.41) is 0.561. The van der Waals surface area contributed by atoms with Gasteiger partial charge in [-0.2, -0.15) is 0 Å². The molecule has 2 aromatic rings. The number of rotatable bonds is 6. The third-order valence-corrected chi connectivity index (χ3v) is 4.07. The highest BCUT2D eigenvalue weighted by Crippen LogP contribution is 2.19. The molecule has 2 heterocycles. The number of nitrogens with one attached hydrogen (secondary N) is 1. The quantitative estimate of drug-likeness (QED) is 0.502. The number of nitrogens with zero attached hydrogens (tertiary/aromatic N) is 2. The monoisotopic (exact) mass is 309 g/mol. The van der Waals surface area contributed by atoms with Crippen LogP contribution in [0.15, 0.2) is 16.0 Å².